The third kappa shape index (κ3) is 44.9. The molecule has 0 spiro atoms. The molecule has 0 saturated carbocycles. The Balaban J connectivity index is 3.49. The SMILES string of the molecule is CCCCCCCCCCCCCCCCCCCCCCCCCCCC(O)CC(=O)NC(CO)C(O)CCCCCCCCCCCCCCCCCCCC. The van der Waals surface area contributed by atoms with Crippen LogP contribution in [-0.2, 0) is 4.79 Å². The van der Waals surface area contributed by atoms with Gasteiger partial charge in [0.1, 0.15) is 0 Å². The Labute approximate surface area is 364 Å². The minimum absolute atomic E-state index is 0.0435. The minimum Gasteiger partial charge on any atom is -0.394 e. The first-order valence-electron chi connectivity index (χ1n) is 26.8. The molecule has 0 aliphatic rings. The molecule has 0 aromatic rings. The van der Waals surface area contributed by atoms with E-state index in [1.807, 2.05) is 0 Å². The van der Waals surface area contributed by atoms with Crippen molar-refractivity contribution < 1.29 is 20.1 Å². The minimum atomic E-state index is -0.745. The van der Waals surface area contributed by atoms with E-state index in [9.17, 15) is 20.1 Å². The lowest BCUT2D eigenvalue weighted by Crippen LogP contribution is -2.46. The summed E-state index contributed by atoms with van der Waals surface area (Å²) in [7, 11) is 0. The first-order chi connectivity index (χ1) is 28.5. The summed E-state index contributed by atoms with van der Waals surface area (Å²) >= 11 is 0. The Morgan fingerprint density at radius 2 is 0.586 bits per heavy atom. The zero-order valence-corrected chi connectivity index (χ0v) is 39.7. The fraction of sp³-hybridized carbons (Fsp3) is 0.981. The molecule has 0 fully saturated rings. The van der Waals surface area contributed by atoms with Crippen LogP contribution in [0.3, 0.4) is 0 Å². The van der Waals surface area contributed by atoms with E-state index < -0.39 is 18.2 Å². The molecule has 0 saturated heterocycles. The van der Waals surface area contributed by atoms with Gasteiger partial charge >= 0.3 is 0 Å². The number of carbonyl (C=O) groups is 1. The Morgan fingerprint density at radius 3 is 0.828 bits per heavy atom. The quantitative estimate of drug-likeness (QED) is 0.0460. The van der Waals surface area contributed by atoms with Gasteiger partial charge < -0.3 is 20.6 Å². The Morgan fingerprint density at radius 1 is 0.362 bits per heavy atom. The van der Waals surface area contributed by atoms with Crippen LogP contribution in [0.5, 0.6) is 0 Å². The van der Waals surface area contributed by atoms with E-state index in [0.29, 0.717) is 12.8 Å². The number of unbranched alkanes of at least 4 members (excludes halogenated alkanes) is 41. The van der Waals surface area contributed by atoms with Crippen LogP contribution in [0.4, 0.5) is 0 Å². The van der Waals surface area contributed by atoms with Gasteiger partial charge in [0.05, 0.1) is 31.3 Å². The topological polar surface area (TPSA) is 89.8 Å². The molecule has 58 heavy (non-hydrogen) atoms. The second-order valence-corrected chi connectivity index (χ2v) is 18.9. The van der Waals surface area contributed by atoms with Gasteiger partial charge in [-0.1, -0.05) is 290 Å². The Bertz CT molecular complexity index is 777. The number of rotatable bonds is 50. The fourth-order valence-corrected chi connectivity index (χ4v) is 8.82. The summed E-state index contributed by atoms with van der Waals surface area (Å²) in [5.41, 5.74) is 0. The van der Waals surface area contributed by atoms with Crippen LogP contribution in [0.2, 0.25) is 0 Å². The molecule has 4 N–H and O–H groups in total. The van der Waals surface area contributed by atoms with Crippen molar-refractivity contribution in [3.63, 3.8) is 0 Å². The predicted molar refractivity (Wildman–Crippen MR) is 255 cm³/mol. The van der Waals surface area contributed by atoms with Crippen molar-refractivity contribution in [3.8, 4) is 0 Å². The van der Waals surface area contributed by atoms with Crippen molar-refractivity contribution in [2.75, 3.05) is 6.61 Å². The van der Waals surface area contributed by atoms with Gasteiger partial charge in [-0.25, -0.2) is 0 Å². The van der Waals surface area contributed by atoms with Crippen LogP contribution < -0.4 is 5.32 Å². The summed E-state index contributed by atoms with van der Waals surface area (Å²) in [5, 5.41) is 33.6. The normalized spacial score (nSPS) is 13.3. The van der Waals surface area contributed by atoms with Gasteiger partial charge in [0.2, 0.25) is 5.91 Å². The highest BCUT2D eigenvalue weighted by atomic mass is 16.3. The smallest absolute Gasteiger partial charge is 0.222 e. The van der Waals surface area contributed by atoms with Crippen LogP contribution in [0, 0.1) is 0 Å². The molecular weight excluding hydrogens is 715 g/mol. The zero-order chi connectivity index (χ0) is 42.3. The second-order valence-electron chi connectivity index (χ2n) is 18.9. The van der Waals surface area contributed by atoms with E-state index >= 15 is 0 Å². The Hall–Kier alpha value is -0.650. The monoisotopic (exact) mass is 822 g/mol. The lowest BCUT2D eigenvalue weighted by atomic mass is 10.0. The summed E-state index contributed by atoms with van der Waals surface area (Å²) in [6.07, 6.45) is 58.2. The van der Waals surface area contributed by atoms with Crippen LogP contribution in [0.15, 0.2) is 0 Å². The van der Waals surface area contributed by atoms with Gasteiger partial charge in [0.15, 0.2) is 0 Å². The van der Waals surface area contributed by atoms with Crippen molar-refractivity contribution in [1.82, 2.24) is 5.32 Å². The molecule has 3 unspecified atom stereocenters. The lowest BCUT2D eigenvalue weighted by Gasteiger charge is -2.23. The van der Waals surface area contributed by atoms with E-state index in [1.54, 1.807) is 0 Å². The van der Waals surface area contributed by atoms with E-state index in [4.69, 9.17) is 0 Å². The van der Waals surface area contributed by atoms with E-state index in [-0.39, 0.29) is 18.9 Å². The third-order valence-electron chi connectivity index (χ3n) is 12.9. The average molecular weight is 822 g/mol. The summed E-state index contributed by atoms with van der Waals surface area (Å²) in [6.45, 7) is 4.30. The number of hydrogen-bond donors (Lipinski definition) is 4. The molecule has 0 heterocycles. The van der Waals surface area contributed by atoms with E-state index in [1.165, 1.54) is 250 Å². The second kappa shape index (κ2) is 49.0. The number of carbonyl (C=O) groups excluding carboxylic acids is 1. The third-order valence-corrected chi connectivity index (χ3v) is 12.9. The lowest BCUT2D eigenvalue weighted by molar-refractivity contribution is -0.125. The molecule has 0 aromatic heterocycles. The number of amides is 1. The van der Waals surface area contributed by atoms with Crippen LogP contribution in [-0.4, -0.2) is 46.1 Å². The van der Waals surface area contributed by atoms with Gasteiger partial charge in [-0.15, -0.1) is 0 Å². The van der Waals surface area contributed by atoms with Crippen LogP contribution in [0.25, 0.3) is 0 Å². The van der Waals surface area contributed by atoms with Crippen molar-refractivity contribution in [2.24, 2.45) is 0 Å². The highest BCUT2D eigenvalue weighted by Crippen LogP contribution is 2.18. The van der Waals surface area contributed by atoms with Crippen molar-refractivity contribution in [1.29, 1.82) is 0 Å². The first kappa shape index (κ1) is 57.3. The van der Waals surface area contributed by atoms with Gasteiger partial charge in [0.25, 0.3) is 0 Å². The van der Waals surface area contributed by atoms with Crippen LogP contribution in [0.1, 0.15) is 309 Å². The number of hydrogen-bond acceptors (Lipinski definition) is 4. The molecule has 5 nitrogen and oxygen atoms in total. The molecule has 3 atom stereocenters. The van der Waals surface area contributed by atoms with Crippen molar-refractivity contribution in [3.05, 3.63) is 0 Å². The molecule has 0 aliphatic heterocycles. The van der Waals surface area contributed by atoms with Gasteiger partial charge in [0, 0.05) is 0 Å². The highest BCUT2D eigenvalue weighted by Gasteiger charge is 2.21. The summed E-state index contributed by atoms with van der Waals surface area (Å²) in [6, 6.07) is -0.653. The maximum Gasteiger partial charge on any atom is 0.222 e. The summed E-state index contributed by atoms with van der Waals surface area (Å²) < 4.78 is 0. The molecule has 5 heteroatoms. The van der Waals surface area contributed by atoms with Gasteiger partial charge in [-0.3, -0.25) is 4.79 Å². The van der Waals surface area contributed by atoms with Crippen molar-refractivity contribution >= 4 is 5.91 Å². The molecular formula is C53H107NO4. The van der Waals surface area contributed by atoms with Gasteiger partial charge in [-0.05, 0) is 12.8 Å². The fourth-order valence-electron chi connectivity index (χ4n) is 8.82. The zero-order valence-electron chi connectivity index (χ0n) is 39.7. The van der Waals surface area contributed by atoms with Crippen LogP contribution >= 0.6 is 0 Å². The molecule has 0 rings (SSSR count). The largest absolute Gasteiger partial charge is 0.394 e. The number of aliphatic hydroxyl groups is 3. The maximum atomic E-state index is 12.5. The molecule has 348 valence electrons. The van der Waals surface area contributed by atoms with E-state index in [0.717, 1.165) is 25.7 Å². The first-order valence-corrected chi connectivity index (χ1v) is 26.8. The molecule has 0 bridgehead atoms. The predicted octanol–water partition coefficient (Wildman–Crippen LogP) is 16.2. The van der Waals surface area contributed by atoms with E-state index in [2.05, 4.69) is 19.2 Å². The van der Waals surface area contributed by atoms with Gasteiger partial charge in [-0.2, -0.15) is 0 Å². The summed E-state index contributed by atoms with van der Waals surface area (Å²) in [5.74, 6) is -0.275. The average Bonchev–Trinajstić information content (AvgIpc) is 3.22. The maximum absolute atomic E-state index is 12.5. The number of aliphatic hydroxyl groups excluding tert-OH is 3. The number of nitrogens with one attached hydrogen (secondary N) is 1. The molecule has 1 amide bonds. The standard InChI is InChI=1S/C53H107NO4/c1-3-5-7-9-11-13-15-17-19-21-23-24-25-26-27-28-29-30-32-34-36-38-40-42-44-46-50(56)48-53(58)54-51(49-55)52(57)47-45-43-41-39-37-35-33-31-22-20-18-16-14-12-10-8-6-4-2/h50-52,55-57H,3-49H2,1-2H3,(H,54,58). The Kier molecular flexibility index (Phi) is 48.5. The molecule has 0 radical (unpaired) electrons. The molecule has 0 aliphatic carbocycles. The van der Waals surface area contributed by atoms with Crippen molar-refractivity contribution in [2.45, 2.75) is 327 Å². The summed E-state index contributed by atoms with van der Waals surface area (Å²) in [4.78, 5) is 12.5. The molecule has 0 aromatic carbocycles. The highest BCUT2D eigenvalue weighted by molar-refractivity contribution is 5.76.